The van der Waals surface area contributed by atoms with Crippen LogP contribution >= 0.6 is 22.6 Å². The van der Waals surface area contributed by atoms with E-state index in [1.807, 2.05) is 0 Å². The van der Waals surface area contributed by atoms with Gasteiger partial charge in [0.25, 0.3) is 0 Å². The van der Waals surface area contributed by atoms with E-state index in [0.29, 0.717) is 3.57 Å². The zero-order valence-corrected chi connectivity index (χ0v) is 9.76. The van der Waals surface area contributed by atoms with Crippen LogP contribution in [-0.4, -0.2) is 33.2 Å². The van der Waals surface area contributed by atoms with E-state index in [2.05, 4.69) is 0 Å². The van der Waals surface area contributed by atoms with E-state index in [1.165, 1.54) is 0 Å². The molecule has 3 N–H and O–H groups in total. The molecular weight excluding hydrogens is 331 g/mol. The number of aromatic carboxylic acids is 3. The van der Waals surface area contributed by atoms with E-state index in [-0.39, 0.29) is 0 Å². The molecule has 0 atom stereocenters. The molecule has 1 aromatic carbocycles. The van der Waals surface area contributed by atoms with Crippen molar-refractivity contribution in [3.63, 3.8) is 0 Å². The number of halogens is 1. The van der Waals surface area contributed by atoms with E-state index in [4.69, 9.17) is 15.3 Å². The Balaban J connectivity index is 3.67. The molecular formula is C9H5IO6. The van der Waals surface area contributed by atoms with Crippen molar-refractivity contribution in [1.29, 1.82) is 0 Å². The number of benzene rings is 1. The van der Waals surface area contributed by atoms with Gasteiger partial charge in [0.15, 0.2) is 0 Å². The van der Waals surface area contributed by atoms with Crippen molar-refractivity contribution in [3.05, 3.63) is 32.4 Å². The molecule has 0 heterocycles. The van der Waals surface area contributed by atoms with E-state index < -0.39 is 34.6 Å². The second-order valence-corrected chi connectivity index (χ2v) is 4.04. The van der Waals surface area contributed by atoms with Crippen molar-refractivity contribution in [2.75, 3.05) is 0 Å². The van der Waals surface area contributed by atoms with Crippen LogP contribution in [0.3, 0.4) is 0 Å². The van der Waals surface area contributed by atoms with Gasteiger partial charge in [0, 0.05) is 3.57 Å². The summed E-state index contributed by atoms with van der Waals surface area (Å²) in [6.45, 7) is 0. The maximum Gasteiger partial charge on any atom is 0.337 e. The van der Waals surface area contributed by atoms with Gasteiger partial charge in [0.1, 0.15) is 0 Å². The van der Waals surface area contributed by atoms with Crippen molar-refractivity contribution in [3.8, 4) is 0 Å². The van der Waals surface area contributed by atoms with Gasteiger partial charge in [0.05, 0.1) is 16.7 Å². The molecule has 1 rings (SSSR count). The summed E-state index contributed by atoms with van der Waals surface area (Å²) >= 11 is 1.72. The zero-order chi connectivity index (χ0) is 12.5. The summed E-state index contributed by atoms with van der Waals surface area (Å²) in [6, 6.07) is 2.22. The van der Waals surface area contributed by atoms with E-state index in [9.17, 15) is 14.4 Å². The summed E-state index contributed by atoms with van der Waals surface area (Å²) in [5.41, 5.74) is -1.77. The van der Waals surface area contributed by atoms with Crippen LogP contribution in [0.5, 0.6) is 0 Å². The zero-order valence-electron chi connectivity index (χ0n) is 7.60. The number of carboxylic acids is 3. The average Bonchev–Trinajstić information content (AvgIpc) is 2.15. The second kappa shape index (κ2) is 4.47. The number of rotatable bonds is 3. The lowest BCUT2D eigenvalue weighted by molar-refractivity contribution is 0.0633. The van der Waals surface area contributed by atoms with Crippen LogP contribution in [0.2, 0.25) is 0 Å². The van der Waals surface area contributed by atoms with Gasteiger partial charge in [-0.3, -0.25) is 0 Å². The van der Waals surface area contributed by atoms with Gasteiger partial charge in [-0.1, -0.05) is 0 Å². The average molecular weight is 336 g/mol. The first-order valence-corrected chi connectivity index (χ1v) is 4.96. The lowest BCUT2D eigenvalue weighted by Crippen LogP contribution is -2.15. The largest absolute Gasteiger partial charge is 0.478 e. The number of hydrogen-bond donors (Lipinski definition) is 3. The molecule has 0 bridgehead atoms. The van der Waals surface area contributed by atoms with Gasteiger partial charge in [-0.25, -0.2) is 14.4 Å². The molecule has 0 aliphatic rings. The van der Waals surface area contributed by atoms with Crippen molar-refractivity contribution >= 4 is 40.5 Å². The van der Waals surface area contributed by atoms with E-state index >= 15 is 0 Å². The molecule has 0 aromatic heterocycles. The predicted octanol–water partition coefficient (Wildman–Crippen LogP) is 1.39. The molecule has 16 heavy (non-hydrogen) atoms. The molecule has 84 valence electrons. The maximum absolute atomic E-state index is 10.8. The minimum Gasteiger partial charge on any atom is -0.478 e. The normalized spacial score (nSPS) is 9.81. The van der Waals surface area contributed by atoms with Crippen LogP contribution in [0.1, 0.15) is 31.1 Å². The van der Waals surface area contributed by atoms with Gasteiger partial charge in [-0.05, 0) is 34.7 Å². The highest BCUT2D eigenvalue weighted by atomic mass is 127. The van der Waals surface area contributed by atoms with Gasteiger partial charge >= 0.3 is 17.9 Å². The third-order valence-electron chi connectivity index (χ3n) is 1.78. The molecule has 0 fully saturated rings. The van der Waals surface area contributed by atoms with Crippen molar-refractivity contribution in [2.45, 2.75) is 0 Å². The highest BCUT2D eigenvalue weighted by Crippen LogP contribution is 2.20. The smallest absolute Gasteiger partial charge is 0.337 e. The standard InChI is InChI=1S/C9H5IO6/c10-3-1-4(7(11)12)6(9(15)16)5(2-3)8(13)14/h1-2H,(H,11,12)(H,13,14)(H,15,16). The lowest BCUT2D eigenvalue weighted by Gasteiger charge is -2.06. The van der Waals surface area contributed by atoms with Gasteiger partial charge in [-0.2, -0.15) is 0 Å². The molecule has 0 saturated carbocycles. The number of carboxylic acid groups (broad SMARTS) is 3. The first-order valence-electron chi connectivity index (χ1n) is 3.88. The molecule has 0 aliphatic carbocycles. The minimum absolute atomic E-state index is 0.345. The Morgan fingerprint density at radius 3 is 1.50 bits per heavy atom. The van der Waals surface area contributed by atoms with Crippen molar-refractivity contribution in [2.24, 2.45) is 0 Å². The van der Waals surface area contributed by atoms with E-state index in [1.54, 1.807) is 22.6 Å². The highest BCUT2D eigenvalue weighted by Gasteiger charge is 2.24. The van der Waals surface area contributed by atoms with Gasteiger partial charge in [0.2, 0.25) is 0 Å². The summed E-state index contributed by atoms with van der Waals surface area (Å²) in [6.07, 6.45) is 0. The molecule has 0 amide bonds. The summed E-state index contributed by atoms with van der Waals surface area (Å²) in [5, 5.41) is 26.4. The molecule has 0 aliphatic heterocycles. The lowest BCUT2D eigenvalue weighted by atomic mass is 10.0. The topological polar surface area (TPSA) is 112 Å². The van der Waals surface area contributed by atoms with Crippen LogP contribution in [-0.2, 0) is 0 Å². The fourth-order valence-electron chi connectivity index (χ4n) is 1.17. The summed E-state index contributed by atoms with van der Waals surface area (Å²) in [7, 11) is 0. The van der Waals surface area contributed by atoms with Crippen LogP contribution in [0.25, 0.3) is 0 Å². The Morgan fingerprint density at radius 1 is 0.875 bits per heavy atom. The third-order valence-corrected chi connectivity index (χ3v) is 2.40. The summed E-state index contributed by atoms with van der Waals surface area (Å²) in [4.78, 5) is 32.4. The molecule has 0 spiro atoms. The predicted molar refractivity (Wildman–Crippen MR) is 60.0 cm³/mol. The van der Waals surface area contributed by atoms with Crippen LogP contribution in [0.4, 0.5) is 0 Å². The van der Waals surface area contributed by atoms with Crippen LogP contribution in [0, 0.1) is 3.57 Å². The number of hydrogen-bond acceptors (Lipinski definition) is 3. The van der Waals surface area contributed by atoms with Gasteiger partial charge < -0.3 is 15.3 Å². The first kappa shape index (κ1) is 12.4. The van der Waals surface area contributed by atoms with Gasteiger partial charge in [-0.15, -0.1) is 0 Å². The fourth-order valence-corrected chi connectivity index (χ4v) is 1.80. The first-order chi connectivity index (χ1) is 7.34. The van der Waals surface area contributed by atoms with Crippen LogP contribution < -0.4 is 0 Å². The maximum atomic E-state index is 10.8. The molecule has 7 heteroatoms. The van der Waals surface area contributed by atoms with Crippen LogP contribution in [0.15, 0.2) is 12.1 Å². The third kappa shape index (κ3) is 2.30. The monoisotopic (exact) mass is 336 g/mol. The number of carbonyl (C=O) groups is 3. The van der Waals surface area contributed by atoms with E-state index in [0.717, 1.165) is 12.1 Å². The Bertz CT molecular complexity index is 458. The molecule has 0 saturated heterocycles. The molecule has 6 nitrogen and oxygen atoms in total. The Hall–Kier alpha value is -1.64. The quantitative estimate of drug-likeness (QED) is 0.719. The Morgan fingerprint density at radius 2 is 1.25 bits per heavy atom. The second-order valence-electron chi connectivity index (χ2n) is 2.79. The summed E-state index contributed by atoms with van der Waals surface area (Å²) in [5.74, 6) is -4.52. The van der Waals surface area contributed by atoms with Crippen molar-refractivity contribution in [1.82, 2.24) is 0 Å². The molecule has 0 unspecified atom stereocenters. The fraction of sp³-hybridized carbons (Fsp3) is 0. The highest BCUT2D eigenvalue weighted by molar-refractivity contribution is 14.1. The minimum atomic E-state index is -1.58. The SMILES string of the molecule is O=C(O)c1cc(I)cc(C(=O)O)c1C(=O)O. The molecule has 0 radical (unpaired) electrons. The summed E-state index contributed by atoms with van der Waals surface area (Å²) < 4.78 is 0.345. The Kier molecular flexibility index (Phi) is 3.48. The Labute approximate surface area is 103 Å². The molecule has 1 aromatic rings. The van der Waals surface area contributed by atoms with Crippen molar-refractivity contribution < 1.29 is 29.7 Å².